The summed E-state index contributed by atoms with van der Waals surface area (Å²) >= 11 is 0. The number of piperidine rings is 1. The minimum absolute atomic E-state index is 0.133. The average molecular weight is 649 g/mol. The van der Waals surface area contributed by atoms with Crippen LogP contribution in [0.5, 0.6) is 5.75 Å². The molecule has 0 aliphatic carbocycles. The topological polar surface area (TPSA) is 109 Å². The molecule has 0 atom stereocenters. The molecule has 0 unspecified atom stereocenters. The van der Waals surface area contributed by atoms with Gasteiger partial charge >= 0.3 is 5.97 Å². The summed E-state index contributed by atoms with van der Waals surface area (Å²) in [6, 6.07) is 14.5. The number of aliphatic carboxylic acids is 1. The van der Waals surface area contributed by atoms with E-state index in [0.717, 1.165) is 67.0 Å². The Hall–Kier alpha value is -4.02. The van der Waals surface area contributed by atoms with Crippen LogP contribution in [-0.4, -0.2) is 68.3 Å². The lowest BCUT2D eigenvalue weighted by Crippen LogP contribution is -2.45. The van der Waals surface area contributed by atoms with Crippen molar-refractivity contribution in [1.82, 2.24) is 14.6 Å². The zero-order valence-electron chi connectivity index (χ0n) is 28.8. The van der Waals surface area contributed by atoms with Crippen molar-refractivity contribution >= 4 is 17.4 Å². The Labute approximate surface area is 277 Å². The van der Waals surface area contributed by atoms with Crippen LogP contribution in [0.15, 0.2) is 48.5 Å². The molecule has 0 saturated carbocycles. The molecule has 0 amide bonds. The van der Waals surface area contributed by atoms with Crippen molar-refractivity contribution in [3.63, 3.8) is 0 Å². The number of halogens is 1. The Morgan fingerprint density at radius 2 is 1.68 bits per heavy atom. The second-order valence-corrected chi connectivity index (χ2v) is 13.1. The van der Waals surface area contributed by atoms with E-state index in [0.29, 0.717) is 35.9 Å². The van der Waals surface area contributed by atoms with Crippen LogP contribution in [0.3, 0.4) is 0 Å². The highest BCUT2D eigenvalue weighted by molar-refractivity contribution is 5.78. The lowest BCUT2D eigenvalue weighted by Gasteiger charge is -2.40. The number of carboxylic acid groups (broad SMARTS) is 1. The van der Waals surface area contributed by atoms with Crippen LogP contribution >= 0.6 is 0 Å². The zero-order valence-corrected chi connectivity index (χ0v) is 28.8. The summed E-state index contributed by atoms with van der Waals surface area (Å²) in [5.41, 5.74) is 4.53. The van der Waals surface area contributed by atoms with Gasteiger partial charge in [-0.2, -0.15) is 9.61 Å². The van der Waals surface area contributed by atoms with Crippen LogP contribution in [0.4, 0.5) is 10.2 Å². The van der Waals surface area contributed by atoms with Gasteiger partial charge in [-0.15, -0.1) is 0 Å². The third kappa shape index (κ3) is 9.29. The summed E-state index contributed by atoms with van der Waals surface area (Å²) in [5, 5.41) is 23.2. The third-order valence-electron chi connectivity index (χ3n) is 7.99. The largest absolute Gasteiger partial charge is 0.493 e. The smallest absolute Gasteiger partial charge is 0.308 e. The van der Waals surface area contributed by atoms with Crippen LogP contribution in [0.2, 0.25) is 0 Å². The summed E-state index contributed by atoms with van der Waals surface area (Å²) < 4.78 is 28.4. The highest BCUT2D eigenvalue weighted by Gasteiger charge is 2.33. The lowest BCUT2D eigenvalue weighted by molar-refractivity contribution is -0.136. The molecule has 0 radical (unpaired) electrons. The van der Waals surface area contributed by atoms with E-state index in [-0.39, 0.29) is 17.8 Å². The number of aromatic nitrogens is 3. The van der Waals surface area contributed by atoms with Gasteiger partial charge in [-0.25, -0.2) is 9.37 Å². The van der Waals surface area contributed by atoms with E-state index in [1.165, 1.54) is 12.1 Å². The van der Waals surface area contributed by atoms with E-state index < -0.39 is 11.6 Å². The van der Waals surface area contributed by atoms with E-state index in [4.69, 9.17) is 24.7 Å². The van der Waals surface area contributed by atoms with Gasteiger partial charge in [0.25, 0.3) is 0 Å². The predicted molar refractivity (Wildman–Crippen MR) is 184 cm³/mol. The van der Waals surface area contributed by atoms with Crippen molar-refractivity contribution in [2.45, 2.75) is 91.8 Å². The number of anilines is 1. The van der Waals surface area contributed by atoms with Crippen LogP contribution < -0.4 is 9.64 Å². The number of rotatable bonds is 2. The molecule has 10 heteroatoms. The van der Waals surface area contributed by atoms with Crippen molar-refractivity contribution in [3.05, 3.63) is 65.6 Å². The van der Waals surface area contributed by atoms with E-state index in [9.17, 15) is 14.3 Å². The highest BCUT2D eigenvalue weighted by atomic mass is 19.1. The summed E-state index contributed by atoms with van der Waals surface area (Å²) in [7, 11) is 0. The molecule has 254 valence electrons. The number of carboxylic acids is 1. The highest BCUT2D eigenvalue weighted by Crippen LogP contribution is 2.36. The fraction of sp³-hybridized carbons (Fsp3) is 0.486. The minimum Gasteiger partial charge on any atom is -0.493 e. The average Bonchev–Trinajstić information content (AvgIpc) is 3.43. The molecule has 1 fully saturated rings. The molecule has 3 aliphatic heterocycles. The number of hydrogen-bond acceptors (Lipinski definition) is 7. The molecular formula is C37H49FN4O5. The van der Waals surface area contributed by atoms with E-state index in [2.05, 4.69) is 11.8 Å². The number of benzene rings is 2. The second-order valence-electron chi connectivity index (χ2n) is 13.1. The van der Waals surface area contributed by atoms with Gasteiger partial charge in [-0.3, -0.25) is 4.79 Å². The zero-order chi connectivity index (χ0) is 34.4. The van der Waals surface area contributed by atoms with Gasteiger partial charge < -0.3 is 24.6 Å². The number of ether oxygens (including phenoxy) is 2. The Kier molecular flexibility index (Phi) is 11.6. The number of aliphatic hydroxyl groups is 1. The van der Waals surface area contributed by atoms with Crippen molar-refractivity contribution in [2.24, 2.45) is 0 Å². The minimum atomic E-state index is -0.904. The van der Waals surface area contributed by atoms with E-state index in [1.54, 1.807) is 31.4 Å². The van der Waals surface area contributed by atoms with Crippen molar-refractivity contribution in [1.29, 1.82) is 0 Å². The van der Waals surface area contributed by atoms with Gasteiger partial charge in [-0.05, 0) is 84.1 Å². The molecule has 9 nitrogen and oxygen atoms in total. The number of hydrogen-bond donors (Lipinski definition) is 2. The fourth-order valence-corrected chi connectivity index (χ4v) is 5.70. The summed E-state index contributed by atoms with van der Waals surface area (Å²) in [4.78, 5) is 18.8. The summed E-state index contributed by atoms with van der Waals surface area (Å²) in [5.74, 6) is 0.0317. The quantitative estimate of drug-likeness (QED) is 0.230. The van der Waals surface area contributed by atoms with Gasteiger partial charge in [-0.1, -0.05) is 32.0 Å². The Bertz CT molecular complexity index is 1670. The molecule has 1 saturated heterocycles. The lowest BCUT2D eigenvalue weighted by atomic mass is 9.93. The van der Waals surface area contributed by atoms with Crippen molar-refractivity contribution < 1.29 is 28.9 Å². The molecule has 5 heterocycles. The Morgan fingerprint density at radius 1 is 1.02 bits per heavy atom. The number of nitrogens with zero attached hydrogens (tertiary/aromatic N) is 4. The maximum Gasteiger partial charge on any atom is 0.308 e. The standard InChI is InChI=1S/C31H33FN4O4.C4H10O.C2H6/c1-20-25(18-29(37)38)30-35-12-10-31(2,11-13-35)40-15-4-3-14-39-27-17-23(32)8-9-24(27)21-6-5-7-22(16-21)26-19-28(33-20)36(30)34-26;1-4(2,3)5;1-2/h5-9,16-17,19H,3-4,10-15,18H2,1-2H3,(H,37,38);5H,1-3H3;1-2H3. The van der Waals surface area contributed by atoms with Gasteiger partial charge in [0.15, 0.2) is 5.65 Å². The van der Waals surface area contributed by atoms with Crippen LogP contribution in [0, 0.1) is 12.7 Å². The number of aryl methyl sites for hydroxylation is 1. The molecule has 3 aliphatic rings. The molecule has 7 rings (SSSR count). The first-order valence-corrected chi connectivity index (χ1v) is 16.6. The van der Waals surface area contributed by atoms with Gasteiger partial charge in [0.1, 0.15) is 17.4 Å². The van der Waals surface area contributed by atoms with Crippen LogP contribution in [0.1, 0.15) is 78.5 Å². The van der Waals surface area contributed by atoms with E-state index >= 15 is 0 Å². The number of carbonyl (C=O) groups is 1. The van der Waals surface area contributed by atoms with Crippen molar-refractivity contribution in [3.8, 4) is 28.1 Å². The first kappa shape index (κ1) is 35.8. The summed E-state index contributed by atoms with van der Waals surface area (Å²) in [6.45, 7) is 15.8. The first-order valence-electron chi connectivity index (χ1n) is 16.6. The van der Waals surface area contributed by atoms with Gasteiger partial charge in [0, 0.05) is 54.2 Å². The second kappa shape index (κ2) is 15.3. The maximum atomic E-state index is 14.2. The van der Waals surface area contributed by atoms with E-state index in [1.807, 2.05) is 51.1 Å². The fourth-order valence-electron chi connectivity index (χ4n) is 5.70. The van der Waals surface area contributed by atoms with Gasteiger partial charge in [0.2, 0.25) is 0 Å². The molecule has 2 aromatic heterocycles. The predicted octanol–water partition coefficient (Wildman–Crippen LogP) is 7.49. The Morgan fingerprint density at radius 3 is 2.36 bits per heavy atom. The maximum absolute atomic E-state index is 14.2. The third-order valence-corrected chi connectivity index (χ3v) is 7.99. The Balaban J connectivity index is 0.000000655. The molecule has 2 aromatic carbocycles. The SMILES string of the molecule is CC.CC(C)(C)O.Cc1nc2cc3nn2c(c1CC(=O)O)N1CCC(C)(CC1)OCCCCOc1cc(F)ccc1-c1cccc-3c1. The molecule has 47 heavy (non-hydrogen) atoms. The molecule has 6 bridgehead atoms. The summed E-state index contributed by atoms with van der Waals surface area (Å²) in [6.07, 6.45) is 3.11. The molecule has 0 spiro atoms. The molecule has 4 aromatic rings. The monoisotopic (exact) mass is 648 g/mol. The van der Waals surface area contributed by atoms with Crippen LogP contribution in [-0.2, 0) is 16.0 Å². The van der Waals surface area contributed by atoms with Crippen molar-refractivity contribution in [2.75, 3.05) is 31.2 Å². The number of fused-ring (bicyclic) bond motifs is 7. The normalized spacial score (nSPS) is 16.0. The molecular weight excluding hydrogens is 599 g/mol. The first-order chi connectivity index (χ1) is 22.3. The van der Waals surface area contributed by atoms with Crippen LogP contribution in [0.25, 0.3) is 28.0 Å². The molecule has 2 N–H and O–H groups in total. The van der Waals surface area contributed by atoms with Gasteiger partial charge in [0.05, 0.1) is 29.9 Å².